The van der Waals surface area contributed by atoms with Crippen molar-refractivity contribution in [3.63, 3.8) is 0 Å². The molecule has 1 aromatic heterocycles. The summed E-state index contributed by atoms with van der Waals surface area (Å²) in [6.45, 7) is 4.34. The van der Waals surface area contributed by atoms with Crippen LogP contribution in [0.1, 0.15) is 27.2 Å². The number of aromatic carboxylic acids is 1. The Balaban J connectivity index is 2.28. The van der Waals surface area contributed by atoms with Gasteiger partial charge in [0.25, 0.3) is 0 Å². The average Bonchev–Trinajstić information content (AvgIpc) is 2.63. The molecule has 0 saturated carbocycles. The maximum absolute atomic E-state index is 10.9. The molecular weight excluding hydrogens is 216 g/mol. The molecule has 17 heavy (non-hydrogen) atoms. The second-order valence-electron chi connectivity index (χ2n) is 4.06. The van der Waals surface area contributed by atoms with Crippen molar-refractivity contribution < 1.29 is 9.90 Å². The van der Waals surface area contributed by atoms with Gasteiger partial charge in [-0.05, 0) is 25.0 Å². The van der Waals surface area contributed by atoms with E-state index in [0.29, 0.717) is 12.2 Å². The summed E-state index contributed by atoms with van der Waals surface area (Å²) in [5, 5.41) is 13.2. The molecule has 0 aliphatic heterocycles. The molecule has 0 unspecified atom stereocenters. The van der Waals surface area contributed by atoms with Crippen LogP contribution in [0.4, 0.5) is 0 Å². The number of carboxylic acids is 1. The molecule has 0 fully saturated rings. The molecule has 0 spiro atoms. The lowest BCUT2D eigenvalue weighted by atomic mass is 10.1. The summed E-state index contributed by atoms with van der Waals surface area (Å²) in [7, 11) is 0. The quantitative estimate of drug-likeness (QED) is 0.879. The van der Waals surface area contributed by atoms with Crippen molar-refractivity contribution in [2.45, 2.75) is 20.4 Å². The third-order valence-electron chi connectivity index (χ3n) is 2.77. The van der Waals surface area contributed by atoms with Gasteiger partial charge < -0.3 is 5.11 Å². The highest BCUT2D eigenvalue weighted by atomic mass is 16.4. The lowest BCUT2D eigenvalue weighted by Gasteiger charge is -2.04. The number of hydrogen-bond acceptors (Lipinski definition) is 2. The number of aryl methyl sites for hydroxylation is 2. The van der Waals surface area contributed by atoms with Crippen molar-refractivity contribution in [3.8, 4) is 0 Å². The second-order valence-corrected chi connectivity index (χ2v) is 4.06. The molecule has 1 aromatic carbocycles. The fourth-order valence-corrected chi connectivity index (χ4v) is 1.77. The van der Waals surface area contributed by atoms with Gasteiger partial charge in [0.1, 0.15) is 5.56 Å². The van der Waals surface area contributed by atoms with Gasteiger partial charge in [0.2, 0.25) is 0 Å². The fourth-order valence-electron chi connectivity index (χ4n) is 1.77. The number of rotatable bonds is 3. The summed E-state index contributed by atoms with van der Waals surface area (Å²) in [5.74, 6) is -0.932. The first kappa shape index (κ1) is 11.4. The average molecular weight is 230 g/mol. The van der Waals surface area contributed by atoms with Gasteiger partial charge >= 0.3 is 5.97 Å². The van der Waals surface area contributed by atoms with Gasteiger partial charge in [-0.25, -0.2) is 4.79 Å². The Hall–Kier alpha value is -2.10. The summed E-state index contributed by atoms with van der Waals surface area (Å²) < 4.78 is 1.67. The molecule has 4 nitrogen and oxygen atoms in total. The number of nitrogens with zero attached hydrogens (tertiary/aromatic N) is 2. The molecule has 0 saturated heterocycles. The van der Waals surface area contributed by atoms with Gasteiger partial charge in [0.05, 0.1) is 12.2 Å². The van der Waals surface area contributed by atoms with Crippen LogP contribution >= 0.6 is 0 Å². The van der Waals surface area contributed by atoms with Gasteiger partial charge in [-0.2, -0.15) is 5.10 Å². The zero-order valence-corrected chi connectivity index (χ0v) is 9.84. The summed E-state index contributed by atoms with van der Waals surface area (Å²) in [4.78, 5) is 10.9. The summed E-state index contributed by atoms with van der Waals surface area (Å²) >= 11 is 0. The van der Waals surface area contributed by atoms with E-state index in [0.717, 1.165) is 5.56 Å². The van der Waals surface area contributed by atoms with Crippen molar-refractivity contribution >= 4 is 5.97 Å². The van der Waals surface area contributed by atoms with Crippen LogP contribution in [0, 0.1) is 13.8 Å². The molecule has 0 atom stereocenters. The smallest absolute Gasteiger partial charge is 0.339 e. The Labute approximate surface area is 99.5 Å². The van der Waals surface area contributed by atoms with Crippen LogP contribution in [-0.2, 0) is 6.54 Å². The fraction of sp³-hybridized carbons (Fsp3) is 0.231. The topological polar surface area (TPSA) is 55.1 Å². The molecule has 2 rings (SSSR count). The summed E-state index contributed by atoms with van der Waals surface area (Å²) in [6.07, 6.45) is 1.57. The van der Waals surface area contributed by atoms with E-state index in [4.69, 9.17) is 5.11 Å². The molecule has 2 aromatic rings. The Morgan fingerprint density at radius 1 is 1.35 bits per heavy atom. The molecule has 0 bridgehead atoms. The highest BCUT2D eigenvalue weighted by molar-refractivity contribution is 5.88. The first-order valence-electron chi connectivity index (χ1n) is 5.40. The van der Waals surface area contributed by atoms with Crippen LogP contribution in [-0.4, -0.2) is 20.9 Å². The van der Waals surface area contributed by atoms with Crippen LogP contribution in [0.3, 0.4) is 0 Å². The Morgan fingerprint density at radius 2 is 2.06 bits per heavy atom. The first-order valence-corrected chi connectivity index (χ1v) is 5.40. The summed E-state index contributed by atoms with van der Waals surface area (Å²) in [6, 6.07) is 8.00. The maximum atomic E-state index is 10.9. The van der Waals surface area contributed by atoms with Crippen molar-refractivity contribution in [2.75, 3.05) is 0 Å². The molecule has 4 heteroatoms. The molecule has 1 N–H and O–H groups in total. The van der Waals surface area contributed by atoms with Crippen molar-refractivity contribution in [3.05, 3.63) is 52.8 Å². The number of carboxylic acid groups (broad SMARTS) is 1. The largest absolute Gasteiger partial charge is 0.478 e. The van der Waals surface area contributed by atoms with Crippen LogP contribution in [0.2, 0.25) is 0 Å². The van der Waals surface area contributed by atoms with E-state index < -0.39 is 5.97 Å². The normalized spacial score (nSPS) is 10.5. The molecular formula is C13H14N2O2. The van der Waals surface area contributed by atoms with E-state index in [9.17, 15) is 4.79 Å². The number of aromatic nitrogens is 2. The monoisotopic (exact) mass is 230 g/mol. The van der Waals surface area contributed by atoms with E-state index in [2.05, 4.69) is 5.10 Å². The van der Waals surface area contributed by atoms with E-state index >= 15 is 0 Å². The number of hydrogen-bond donors (Lipinski definition) is 1. The van der Waals surface area contributed by atoms with E-state index in [1.165, 1.54) is 5.56 Å². The van der Waals surface area contributed by atoms with Gasteiger partial charge in [-0.3, -0.25) is 4.68 Å². The molecule has 1 heterocycles. The Kier molecular flexibility index (Phi) is 2.95. The second kappa shape index (κ2) is 4.41. The highest BCUT2D eigenvalue weighted by Crippen LogP contribution is 2.11. The lowest BCUT2D eigenvalue weighted by molar-refractivity contribution is 0.0696. The minimum atomic E-state index is -0.932. The van der Waals surface area contributed by atoms with Crippen LogP contribution in [0.5, 0.6) is 0 Å². The van der Waals surface area contributed by atoms with E-state index in [-0.39, 0.29) is 5.56 Å². The zero-order valence-electron chi connectivity index (χ0n) is 9.84. The highest BCUT2D eigenvalue weighted by Gasteiger charge is 2.11. The Bertz CT molecular complexity index is 558. The molecule has 0 amide bonds. The van der Waals surface area contributed by atoms with Crippen molar-refractivity contribution in [1.29, 1.82) is 0 Å². The number of benzene rings is 1. The predicted molar refractivity (Wildman–Crippen MR) is 64.2 cm³/mol. The molecule has 0 aliphatic rings. The van der Waals surface area contributed by atoms with Gasteiger partial charge in [0.15, 0.2) is 0 Å². The molecule has 0 radical (unpaired) electrons. The SMILES string of the molecule is Cc1ccccc1Cn1cc(C(=O)O)c(C)n1. The van der Waals surface area contributed by atoms with Gasteiger partial charge in [-0.15, -0.1) is 0 Å². The maximum Gasteiger partial charge on any atom is 0.339 e. The lowest BCUT2D eigenvalue weighted by Crippen LogP contribution is -2.02. The van der Waals surface area contributed by atoms with Gasteiger partial charge in [0, 0.05) is 6.20 Å². The Morgan fingerprint density at radius 3 is 2.65 bits per heavy atom. The third-order valence-corrected chi connectivity index (χ3v) is 2.77. The molecule has 88 valence electrons. The first-order chi connectivity index (χ1) is 8.08. The number of carbonyl (C=O) groups is 1. The van der Waals surface area contributed by atoms with Crippen molar-refractivity contribution in [1.82, 2.24) is 9.78 Å². The van der Waals surface area contributed by atoms with Crippen LogP contribution in [0.15, 0.2) is 30.5 Å². The third kappa shape index (κ3) is 2.36. The van der Waals surface area contributed by atoms with Gasteiger partial charge in [-0.1, -0.05) is 24.3 Å². The van der Waals surface area contributed by atoms with Crippen LogP contribution in [0.25, 0.3) is 0 Å². The van der Waals surface area contributed by atoms with Crippen LogP contribution < -0.4 is 0 Å². The minimum absolute atomic E-state index is 0.263. The van der Waals surface area contributed by atoms with Crippen molar-refractivity contribution in [2.24, 2.45) is 0 Å². The summed E-state index contributed by atoms with van der Waals surface area (Å²) in [5.41, 5.74) is 3.13. The standard InChI is InChI=1S/C13H14N2O2/c1-9-5-3-4-6-11(9)7-15-8-12(13(16)17)10(2)14-15/h3-6,8H,7H2,1-2H3,(H,16,17). The molecule has 0 aliphatic carbocycles. The van der Waals surface area contributed by atoms with E-state index in [1.807, 2.05) is 31.2 Å². The zero-order chi connectivity index (χ0) is 12.4. The van der Waals surface area contributed by atoms with E-state index in [1.54, 1.807) is 17.8 Å². The minimum Gasteiger partial charge on any atom is -0.478 e. The predicted octanol–water partition coefficient (Wildman–Crippen LogP) is 2.25.